The van der Waals surface area contributed by atoms with Crippen LogP contribution in [0, 0.1) is 0 Å². The summed E-state index contributed by atoms with van der Waals surface area (Å²) in [5.41, 5.74) is 2.05. The number of benzene rings is 2. The van der Waals surface area contributed by atoms with E-state index in [1.54, 1.807) is 0 Å². The Labute approximate surface area is 124 Å². The lowest BCUT2D eigenvalue weighted by Crippen LogP contribution is -2.26. The minimum atomic E-state index is -2.74. The van der Waals surface area contributed by atoms with Crippen LogP contribution < -0.4 is 15.3 Å². The van der Waals surface area contributed by atoms with Crippen molar-refractivity contribution in [3.8, 4) is 0 Å². The van der Waals surface area contributed by atoms with E-state index in [-0.39, 0.29) is 0 Å². The summed E-state index contributed by atoms with van der Waals surface area (Å²) in [6, 6.07) is 18.1. The van der Waals surface area contributed by atoms with Crippen molar-refractivity contribution in [1.82, 2.24) is 4.67 Å². The fraction of sp³-hybridized carbons (Fsp3) is 0.250. The zero-order valence-corrected chi connectivity index (χ0v) is 12.7. The van der Waals surface area contributed by atoms with Gasteiger partial charge in [0.15, 0.2) is 0 Å². The van der Waals surface area contributed by atoms with Gasteiger partial charge in [0.1, 0.15) is 0 Å². The Bertz CT molecular complexity index is 704. The van der Waals surface area contributed by atoms with Crippen LogP contribution in [0.2, 0.25) is 0 Å². The minimum Gasteiger partial charge on any atom is -0.383 e. The quantitative estimate of drug-likeness (QED) is 0.821. The van der Waals surface area contributed by atoms with Gasteiger partial charge < -0.3 is 9.99 Å². The largest absolute Gasteiger partial charge is 0.383 e. The van der Waals surface area contributed by atoms with Crippen LogP contribution in [0.25, 0.3) is 0 Å². The molecule has 2 aromatic rings. The molecular formula is C16H18N3OP. The zero-order valence-electron chi connectivity index (χ0n) is 11.8. The van der Waals surface area contributed by atoms with E-state index < -0.39 is 7.44 Å². The lowest BCUT2D eigenvalue weighted by Gasteiger charge is -2.30. The van der Waals surface area contributed by atoms with Crippen molar-refractivity contribution < 1.29 is 4.57 Å². The van der Waals surface area contributed by atoms with Gasteiger partial charge in [-0.3, -0.25) is 4.57 Å². The van der Waals surface area contributed by atoms with E-state index >= 15 is 0 Å². The Balaban J connectivity index is 1.89. The first-order valence-electron chi connectivity index (χ1n) is 7.32. The molecule has 0 saturated carbocycles. The molecule has 2 aromatic carbocycles. The molecule has 2 heterocycles. The molecule has 0 amide bonds. The second-order valence-corrected chi connectivity index (χ2v) is 8.02. The second-order valence-electron chi connectivity index (χ2n) is 5.40. The van der Waals surface area contributed by atoms with Gasteiger partial charge in [-0.1, -0.05) is 30.3 Å². The highest BCUT2D eigenvalue weighted by Crippen LogP contribution is 2.59. The van der Waals surface area contributed by atoms with Gasteiger partial charge in [0.2, 0.25) is 0 Å². The van der Waals surface area contributed by atoms with Gasteiger partial charge in [0.25, 0.3) is 7.44 Å². The first kappa shape index (κ1) is 12.9. The monoisotopic (exact) mass is 299 g/mol. The number of anilines is 2. The van der Waals surface area contributed by atoms with Crippen LogP contribution in [-0.2, 0) is 4.57 Å². The summed E-state index contributed by atoms with van der Waals surface area (Å²) < 4.78 is 18.2. The Morgan fingerprint density at radius 2 is 1.67 bits per heavy atom. The number of para-hydroxylation sites is 2. The van der Waals surface area contributed by atoms with E-state index in [4.69, 9.17) is 0 Å². The van der Waals surface area contributed by atoms with Crippen LogP contribution in [0.1, 0.15) is 0 Å². The molecule has 108 valence electrons. The van der Waals surface area contributed by atoms with Gasteiger partial charge in [0, 0.05) is 37.6 Å². The molecule has 2 aliphatic rings. The lowest BCUT2D eigenvalue weighted by molar-refractivity contribution is 0.469. The summed E-state index contributed by atoms with van der Waals surface area (Å²) in [5, 5.41) is 4.34. The summed E-state index contributed by atoms with van der Waals surface area (Å²) in [5.74, 6) is 0. The van der Waals surface area contributed by atoms with Crippen molar-refractivity contribution in [3.05, 3.63) is 54.6 Å². The third-order valence-electron chi connectivity index (χ3n) is 4.24. The molecule has 0 spiro atoms. The van der Waals surface area contributed by atoms with E-state index in [9.17, 15) is 4.57 Å². The molecule has 0 unspecified atom stereocenters. The molecule has 21 heavy (non-hydrogen) atoms. The Hall–Kier alpha value is -1.77. The lowest BCUT2D eigenvalue weighted by atomic mass is 10.3. The molecule has 1 fully saturated rings. The molecule has 2 aliphatic heterocycles. The predicted octanol–water partition coefficient (Wildman–Crippen LogP) is 2.75. The molecule has 4 rings (SSSR count). The molecule has 1 atom stereocenters. The van der Waals surface area contributed by atoms with Crippen LogP contribution in [0.4, 0.5) is 11.4 Å². The van der Waals surface area contributed by atoms with E-state index in [0.717, 1.165) is 42.9 Å². The third-order valence-corrected chi connectivity index (χ3v) is 7.51. The molecule has 1 saturated heterocycles. The van der Waals surface area contributed by atoms with Crippen LogP contribution >= 0.6 is 7.44 Å². The summed E-state index contributed by atoms with van der Waals surface area (Å²) in [6.45, 7) is 3.32. The highest BCUT2D eigenvalue weighted by molar-refractivity contribution is 7.71. The highest BCUT2D eigenvalue weighted by atomic mass is 31.2. The fourth-order valence-corrected chi connectivity index (χ4v) is 6.40. The topological polar surface area (TPSA) is 35.6 Å². The van der Waals surface area contributed by atoms with Gasteiger partial charge in [-0.05, 0) is 24.3 Å². The summed E-state index contributed by atoms with van der Waals surface area (Å²) in [4.78, 5) is 0. The van der Waals surface area contributed by atoms with Crippen LogP contribution in [0.5, 0.6) is 0 Å². The number of hydrogen-bond donors (Lipinski definition) is 1. The minimum absolute atomic E-state index is 0.815. The highest BCUT2D eigenvalue weighted by Gasteiger charge is 2.46. The molecule has 0 bridgehead atoms. The van der Waals surface area contributed by atoms with Crippen LogP contribution in [-0.4, -0.2) is 30.8 Å². The van der Waals surface area contributed by atoms with Crippen molar-refractivity contribution in [1.29, 1.82) is 0 Å². The van der Waals surface area contributed by atoms with Gasteiger partial charge in [-0.25, -0.2) is 4.67 Å². The van der Waals surface area contributed by atoms with Gasteiger partial charge in [0.05, 0.1) is 5.30 Å². The zero-order chi connectivity index (χ0) is 14.3. The first-order chi connectivity index (χ1) is 10.3. The second kappa shape index (κ2) is 4.90. The predicted molar refractivity (Wildman–Crippen MR) is 87.5 cm³/mol. The smallest absolute Gasteiger partial charge is 0.271 e. The Morgan fingerprint density at radius 1 is 0.905 bits per heavy atom. The van der Waals surface area contributed by atoms with Crippen LogP contribution in [0.15, 0.2) is 54.6 Å². The molecule has 0 aromatic heterocycles. The maximum Gasteiger partial charge on any atom is 0.271 e. The fourth-order valence-electron chi connectivity index (χ4n) is 3.25. The molecular weight excluding hydrogens is 281 g/mol. The molecule has 5 heteroatoms. The molecule has 1 N–H and O–H groups in total. The average Bonchev–Trinajstić information content (AvgIpc) is 2.79. The number of nitrogens with one attached hydrogen (secondary N) is 1. The van der Waals surface area contributed by atoms with E-state index in [1.807, 2.05) is 54.6 Å². The normalized spacial score (nSPS) is 24.9. The van der Waals surface area contributed by atoms with Crippen molar-refractivity contribution in [3.63, 3.8) is 0 Å². The van der Waals surface area contributed by atoms with Crippen molar-refractivity contribution in [2.45, 2.75) is 0 Å². The van der Waals surface area contributed by atoms with E-state index in [2.05, 4.69) is 14.7 Å². The number of rotatable bonds is 1. The molecule has 4 nitrogen and oxygen atoms in total. The summed E-state index contributed by atoms with van der Waals surface area (Å²) in [7, 11) is -2.74. The van der Waals surface area contributed by atoms with Gasteiger partial charge in [-0.2, -0.15) is 0 Å². The maximum atomic E-state index is 14.0. The maximum absolute atomic E-state index is 14.0. The molecule has 0 aliphatic carbocycles. The van der Waals surface area contributed by atoms with Crippen molar-refractivity contribution >= 4 is 24.1 Å². The Kier molecular flexibility index (Phi) is 3.02. The van der Waals surface area contributed by atoms with E-state index in [0.29, 0.717) is 0 Å². The van der Waals surface area contributed by atoms with Crippen molar-refractivity contribution in [2.24, 2.45) is 0 Å². The molecule has 0 radical (unpaired) electrons. The van der Waals surface area contributed by atoms with Crippen molar-refractivity contribution in [2.75, 3.05) is 36.2 Å². The number of nitrogens with zero attached hydrogens (tertiary/aromatic N) is 2. The number of hydrogen-bond acceptors (Lipinski definition) is 2. The average molecular weight is 299 g/mol. The number of fused-ring (bicyclic) bond motifs is 3. The van der Waals surface area contributed by atoms with Crippen LogP contribution in [0.3, 0.4) is 0 Å². The first-order valence-corrected chi connectivity index (χ1v) is 8.93. The van der Waals surface area contributed by atoms with E-state index in [1.165, 1.54) is 0 Å². The third kappa shape index (κ3) is 1.90. The van der Waals surface area contributed by atoms with Gasteiger partial charge >= 0.3 is 0 Å². The van der Waals surface area contributed by atoms with Gasteiger partial charge in [-0.15, -0.1) is 0 Å². The summed E-state index contributed by atoms with van der Waals surface area (Å²) >= 11 is 0. The standard InChI is InChI=1S/C16H18N3OP/c20-21-16-9-5-4-8-15(16)17-10-11-18(21)12-13-19(21)14-6-2-1-3-7-14/h1-9,17H,10-13H2/t21-/m1/s1. The SMILES string of the molecule is O=[P@]12c3ccccc3NCCN1CCN2c1ccccc1. The summed E-state index contributed by atoms with van der Waals surface area (Å²) in [6.07, 6.45) is 0. The Morgan fingerprint density at radius 3 is 2.52 bits per heavy atom.